The quantitative estimate of drug-likeness (QED) is 0.589. The predicted molar refractivity (Wildman–Crippen MR) is 55.9 cm³/mol. The summed E-state index contributed by atoms with van der Waals surface area (Å²) in [6.07, 6.45) is 2.73. The van der Waals surface area contributed by atoms with E-state index in [-0.39, 0.29) is 11.7 Å². The van der Waals surface area contributed by atoms with Crippen molar-refractivity contribution in [3.8, 4) is 0 Å². The molecule has 15 heavy (non-hydrogen) atoms. The van der Waals surface area contributed by atoms with Crippen LogP contribution in [-0.4, -0.2) is 29.7 Å². The number of hydrogen-bond donors (Lipinski definition) is 1. The van der Waals surface area contributed by atoms with Gasteiger partial charge in [-0.05, 0) is 13.0 Å². The van der Waals surface area contributed by atoms with Crippen molar-refractivity contribution in [2.24, 2.45) is 0 Å². The molecule has 1 heterocycles. The molecule has 0 radical (unpaired) electrons. The molecule has 1 N–H and O–H groups in total. The Morgan fingerprint density at radius 3 is 3.07 bits per heavy atom. The molecule has 0 aliphatic heterocycles. The lowest BCUT2D eigenvalue weighted by Crippen LogP contribution is -2.21. The van der Waals surface area contributed by atoms with Gasteiger partial charge < -0.3 is 10.1 Å². The van der Waals surface area contributed by atoms with E-state index in [1.165, 1.54) is 12.4 Å². The van der Waals surface area contributed by atoms with Gasteiger partial charge in [0.25, 0.3) is 0 Å². The number of nitro groups is 1. The highest BCUT2D eigenvalue weighted by molar-refractivity contribution is 5.59. The molecule has 0 aliphatic rings. The molecule has 6 heteroatoms. The number of anilines is 1. The van der Waals surface area contributed by atoms with Gasteiger partial charge in [0.1, 0.15) is 11.9 Å². The lowest BCUT2D eigenvalue weighted by Gasteiger charge is -2.13. The Balaban J connectivity index is 2.79. The van der Waals surface area contributed by atoms with Gasteiger partial charge in [-0.15, -0.1) is 0 Å². The van der Waals surface area contributed by atoms with Gasteiger partial charge in [0, 0.05) is 19.3 Å². The summed E-state index contributed by atoms with van der Waals surface area (Å²) in [5.41, 5.74) is 0.431. The Kier molecular flexibility index (Phi) is 3.99. The maximum absolute atomic E-state index is 10.7. The van der Waals surface area contributed by atoms with Crippen molar-refractivity contribution in [1.82, 2.24) is 4.98 Å². The summed E-state index contributed by atoms with van der Waals surface area (Å²) in [5.74, 6) is 0. The van der Waals surface area contributed by atoms with E-state index in [9.17, 15) is 10.1 Å². The zero-order chi connectivity index (χ0) is 11.3. The summed E-state index contributed by atoms with van der Waals surface area (Å²) in [5, 5.41) is 13.6. The van der Waals surface area contributed by atoms with Gasteiger partial charge in [0.05, 0.1) is 11.5 Å². The van der Waals surface area contributed by atoms with Crippen LogP contribution in [0.5, 0.6) is 0 Å². The number of rotatable bonds is 5. The second-order valence-electron chi connectivity index (χ2n) is 3.15. The topological polar surface area (TPSA) is 77.3 Å². The fourth-order valence-corrected chi connectivity index (χ4v) is 1.21. The molecule has 0 aromatic carbocycles. The Morgan fingerprint density at radius 1 is 1.73 bits per heavy atom. The summed E-state index contributed by atoms with van der Waals surface area (Å²) in [6, 6.07) is 1.58. The molecule has 6 nitrogen and oxygen atoms in total. The number of ether oxygens (including phenoxy) is 1. The van der Waals surface area contributed by atoms with Gasteiger partial charge in [-0.25, -0.2) is 0 Å². The van der Waals surface area contributed by atoms with Crippen molar-refractivity contribution >= 4 is 11.4 Å². The van der Waals surface area contributed by atoms with Crippen LogP contribution in [0.3, 0.4) is 0 Å². The average Bonchev–Trinajstić information content (AvgIpc) is 2.18. The van der Waals surface area contributed by atoms with Crippen LogP contribution in [0.15, 0.2) is 18.5 Å². The second kappa shape index (κ2) is 5.26. The van der Waals surface area contributed by atoms with Gasteiger partial charge in [-0.2, -0.15) is 0 Å². The molecular formula is C9H13N3O3. The highest BCUT2D eigenvalue weighted by Crippen LogP contribution is 2.22. The van der Waals surface area contributed by atoms with Crippen LogP contribution in [0, 0.1) is 10.1 Å². The Hall–Kier alpha value is -1.69. The standard InChI is InChI=1S/C9H13N3O3/c1-7(6-15-2)11-8-3-4-10-5-9(8)12(13)14/h3-5,7H,6H2,1-2H3,(H,10,11). The molecule has 1 rings (SSSR count). The molecule has 0 spiro atoms. The summed E-state index contributed by atoms with van der Waals surface area (Å²) < 4.78 is 4.93. The average molecular weight is 211 g/mol. The Morgan fingerprint density at radius 2 is 2.47 bits per heavy atom. The lowest BCUT2D eigenvalue weighted by molar-refractivity contribution is -0.384. The van der Waals surface area contributed by atoms with Gasteiger partial charge in [0.2, 0.25) is 0 Å². The molecular weight excluding hydrogens is 198 g/mol. The largest absolute Gasteiger partial charge is 0.383 e. The van der Waals surface area contributed by atoms with E-state index in [0.717, 1.165) is 0 Å². The van der Waals surface area contributed by atoms with Gasteiger partial charge in [-0.1, -0.05) is 0 Å². The molecule has 0 bridgehead atoms. The first-order chi connectivity index (χ1) is 7.15. The van der Waals surface area contributed by atoms with E-state index in [2.05, 4.69) is 10.3 Å². The Labute approximate surface area is 87.4 Å². The number of nitrogens with zero attached hydrogens (tertiary/aromatic N) is 2. The minimum atomic E-state index is -0.463. The molecule has 1 aromatic rings. The minimum absolute atomic E-state index is 0.0103. The van der Waals surface area contributed by atoms with Crippen molar-refractivity contribution in [3.05, 3.63) is 28.6 Å². The first kappa shape index (κ1) is 11.4. The van der Waals surface area contributed by atoms with Crippen LogP contribution in [0.2, 0.25) is 0 Å². The van der Waals surface area contributed by atoms with E-state index in [1.54, 1.807) is 13.2 Å². The fourth-order valence-electron chi connectivity index (χ4n) is 1.21. The van der Waals surface area contributed by atoms with Crippen LogP contribution in [0.4, 0.5) is 11.4 Å². The van der Waals surface area contributed by atoms with Gasteiger partial charge >= 0.3 is 5.69 Å². The van der Waals surface area contributed by atoms with Crippen molar-refractivity contribution in [2.45, 2.75) is 13.0 Å². The molecule has 82 valence electrons. The van der Waals surface area contributed by atoms with E-state index < -0.39 is 4.92 Å². The monoisotopic (exact) mass is 211 g/mol. The van der Waals surface area contributed by atoms with Crippen molar-refractivity contribution in [3.63, 3.8) is 0 Å². The number of nitrogens with one attached hydrogen (secondary N) is 1. The molecule has 1 atom stereocenters. The van der Waals surface area contributed by atoms with E-state index in [4.69, 9.17) is 4.74 Å². The number of hydrogen-bond acceptors (Lipinski definition) is 5. The molecule has 0 fully saturated rings. The van der Waals surface area contributed by atoms with Crippen LogP contribution in [-0.2, 0) is 4.74 Å². The molecule has 1 unspecified atom stereocenters. The molecule has 0 saturated heterocycles. The van der Waals surface area contributed by atoms with Crippen LogP contribution < -0.4 is 5.32 Å². The van der Waals surface area contributed by atoms with Crippen molar-refractivity contribution in [1.29, 1.82) is 0 Å². The summed E-state index contributed by atoms with van der Waals surface area (Å²) in [7, 11) is 1.58. The van der Waals surface area contributed by atoms with Crippen molar-refractivity contribution in [2.75, 3.05) is 19.0 Å². The van der Waals surface area contributed by atoms with Gasteiger partial charge in [-0.3, -0.25) is 15.1 Å². The normalized spacial score (nSPS) is 12.1. The predicted octanol–water partition coefficient (Wildman–Crippen LogP) is 1.44. The van der Waals surface area contributed by atoms with Gasteiger partial charge in [0.15, 0.2) is 0 Å². The van der Waals surface area contributed by atoms with Crippen molar-refractivity contribution < 1.29 is 9.66 Å². The first-order valence-electron chi connectivity index (χ1n) is 4.49. The third kappa shape index (κ3) is 3.17. The maximum Gasteiger partial charge on any atom is 0.310 e. The lowest BCUT2D eigenvalue weighted by atomic mass is 10.3. The van der Waals surface area contributed by atoms with Crippen LogP contribution in [0.1, 0.15) is 6.92 Å². The number of methoxy groups -OCH3 is 1. The van der Waals surface area contributed by atoms with Crippen LogP contribution in [0.25, 0.3) is 0 Å². The molecule has 0 aliphatic carbocycles. The number of aromatic nitrogens is 1. The summed E-state index contributed by atoms with van der Waals surface area (Å²) in [6.45, 7) is 2.37. The first-order valence-corrected chi connectivity index (χ1v) is 4.49. The van der Waals surface area contributed by atoms with Crippen LogP contribution >= 0.6 is 0 Å². The summed E-state index contributed by atoms with van der Waals surface area (Å²) in [4.78, 5) is 13.9. The zero-order valence-electron chi connectivity index (χ0n) is 8.64. The molecule has 0 saturated carbocycles. The maximum atomic E-state index is 10.7. The van der Waals surface area contributed by atoms with E-state index in [0.29, 0.717) is 12.3 Å². The van der Waals surface area contributed by atoms with E-state index >= 15 is 0 Å². The number of pyridine rings is 1. The molecule has 1 aromatic heterocycles. The van der Waals surface area contributed by atoms with E-state index in [1.807, 2.05) is 6.92 Å². The highest BCUT2D eigenvalue weighted by Gasteiger charge is 2.14. The fraction of sp³-hybridized carbons (Fsp3) is 0.444. The Bertz CT molecular complexity index is 343. The highest BCUT2D eigenvalue weighted by atomic mass is 16.6. The zero-order valence-corrected chi connectivity index (χ0v) is 8.64. The smallest absolute Gasteiger partial charge is 0.310 e. The third-order valence-electron chi connectivity index (χ3n) is 1.82. The minimum Gasteiger partial charge on any atom is -0.383 e. The second-order valence-corrected chi connectivity index (χ2v) is 3.15. The summed E-state index contributed by atoms with van der Waals surface area (Å²) >= 11 is 0. The SMILES string of the molecule is COCC(C)Nc1ccncc1[N+](=O)[O-]. The molecule has 0 amide bonds. The third-order valence-corrected chi connectivity index (χ3v) is 1.82.